The van der Waals surface area contributed by atoms with Gasteiger partial charge in [-0.05, 0) is 31.5 Å². The van der Waals surface area contributed by atoms with Crippen molar-refractivity contribution in [1.29, 1.82) is 0 Å². The molecule has 1 fully saturated rings. The molecule has 2 aromatic rings. The molecule has 1 aromatic carbocycles. The van der Waals surface area contributed by atoms with E-state index in [-0.39, 0.29) is 11.9 Å². The first kappa shape index (κ1) is 10.4. The SMILES string of the molecule is Oc1cccc2[nH]nc(OC3CCCNC3)c12. The summed E-state index contributed by atoms with van der Waals surface area (Å²) in [5, 5.41) is 20.7. The van der Waals surface area contributed by atoms with Crippen molar-refractivity contribution < 1.29 is 9.84 Å². The highest BCUT2D eigenvalue weighted by molar-refractivity contribution is 5.89. The van der Waals surface area contributed by atoms with Crippen LogP contribution < -0.4 is 10.1 Å². The fourth-order valence-corrected chi connectivity index (χ4v) is 2.19. The summed E-state index contributed by atoms with van der Waals surface area (Å²) in [6, 6.07) is 5.29. The molecule has 1 unspecified atom stereocenters. The van der Waals surface area contributed by atoms with Crippen LogP contribution in [-0.2, 0) is 0 Å². The van der Waals surface area contributed by atoms with Gasteiger partial charge in [-0.3, -0.25) is 5.10 Å². The Kier molecular flexibility index (Phi) is 2.60. The summed E-state index contributed by atoms with van der Waals surface area (Å²) in [6.45, 7) is 1.88. The van der Waals surface area contributed by atoms with Crippen molar-refractivity contribution in [1.82, 2.24) is 15.5 Å². The third-order valence-corrected chi connectivity index (χ3v) is 3.06. The summed E-state index contributed by atoms with van der Waals surface area (Å²) in [5.41, 5.74) is 0.795. The van der Waals surface area contributed by atoms with E-state index in [1.807, 2.05) is 6.07 Å². The molecule has 1 aromatic heterocycles. The van der Waals surface area contributed by atoms with Gasteiger partial charge < -0.3 is 15.2 Å². The van der Waals surface area contributed by atoms with Crippen LogP contribution in [0.15, 0.2) is 18.2 Å². The molecular formula is C12H15N3O2. The minimum atomic E-state index is 0.134. The molecule has 5 nitrogen and oxygen atoms in total. The highest BCUT2D eigenvalue weighted by atomic mass is 16.5. The minimum absolute atomic E-state index is 0.134. The molecule has 1 aliphatic rings. The Balaban J connectivity index is 1.89. The lowest BCUT2D eigenvalue weighted by Gasteiger charge is -2.22. The molecule has 0 bridgehead atoms. The molecule has 1 aliphatic heterocycles. The van der Waals surface area contributed by atoms with Gasteiger partial charge in [-0.2, -0.15) is 0 Å². The summed E-state index contributed by atoms with van der Waals surface area (Å²) < 4.78 is 5.82. The monoisotopic (exact) mass is 233 g/mol. The van der Waals surface area contributed by atoms with Gasteiger partial charge in [0.05, 0.1) is 5.52 Å². The van der Waals surface area contributed by atoms with Gasteiger partial charge in [0, 0.05) is 6.54 Å². The smallest absolute Gasteiger partial charge is 0.244 e. The van der Waals surface area contributed by atoms with E-state index in [2.05, 4.69) is 15.5 Å². The number of H-pyrrole nitrogens is 1. The molecule has 2 heterocycles. The predicted molar refractivity (Wildman–Crippen MR) is 64.3 cm³/mol. The van der Waals surface area contributed by atoms with Gasteiger partial charge in [0.15, 0.2) is 0 Å². The van der Waals surface area contributed by atoms with Gasteiger partial charge in [-0.15, -0.1) is 5.10 Å². The Hall–Kier alpha value is -1.75. The van der Waals surface area contributed by atoms with Crippen molar-refractivity contribution in [3.8, 4) is 11.6 Å². The zero-order chi connectivity index (χ0) is 11.7. The lowest BCUT2D eigenvalue weighted by atomic mass is 10.1. The van der Waals surface area contributed by atoms with E-state index in [1.165, 1.54) is 0 Å². The first-order chi connectivity index (χ1) is 8.34. The summed E-state index contributed by atoms with van der Waals surface area (Å²) in [5.74, 6) is 0.696. The Morgan fingerprint density at radius 2 is 2.35 bits per heavy atom. The van der Waals surface area contributed by atoms with Crippen LogP contribution in [0.2, 0.25) is 0 Å². The Morgan fingerprint density at radius 3 is 3.18 bits per heavy atom. The number of fused-ring (bicyclic) bond motifs is 1. The number of rotatable bonds is 2. The van der Waals surface area contributed by atoms with Gasteiger partial charge in [-0.25, -0.2) is 0 Å². The minimum Gasteiger partial charge on any atom is -0.507 e. The highest BCUT2D eigenvalue weighted by Gasteiger charge is 2.18. The molecule has 0 aliphatic carbocycles. The second-order valence-corrected chi connectivity index (χ2v) is 4.31. The molecule has 90 valence electrons. The number of phenols is 1. The van der Waals surface area contributed by atoms with Crippen LogP contribution in [0.5, 0.6) is 11.6 Å². The molecule has 17 heavy (non-hydrogen) atoms. The van der Waals surface area contributed by atoms with E-state index < -0.39 is 0 Å². The number of nitrogens with one attached hydrogen (secondary N) is 2. The summed E-state index contributed by atoms with van der Waals surface area (Å²) in [7, 11) is 0. The number of ether oxygens (including phenoxy) is 1. The largest absolute Gasteiger partial charge is 0.507 e. The third kappa shape index (κ3) is 1.93. The van der Waals surface area contributed by atoms with Gasteiger partial charge in [-0.1, -0.05) is 6.07 Å². The van der Waals surface area contributed by atoms with E-state index in [9.17, 15) is 5.11 Å². The maximum absolute atomic E-state index is 9.81. The molecule has 3 rings (SSSR count). The van der Waals surface area contributed by atoms with E-state index in [0.29, 0.717) is 11.3 Å². The van der Waals surface area contributed by atoms with Gasteiger partial charge in [0.1, 0.15) is 17.2 Å². The van der Waals surface area contributed by atoms with E-state index in [0.717, 1.165) is 31.4 Å². The topological polar surface area (TPSA) is 70.2 Å². The van der Waals surface area contributed by atoms with Gasteiger partial charge >= 0.3 is 0 Å². The molecular weight excluding hydrogens is 218 g/mol. The second kappa shape index (κ2) is 4.25. The third-order valence-electron chi connectivity index (χ3n) is 3.06. The average molecular weight is 233 g/mol. The number of hydrogen-bond donors (Lipinski definition) is 3. The van der Waals surface area contributed by atoms with Crippen LogP contribution in [-0.4, -0.2) is 34.5 Å². The highest BCUT2D eigenvalue weighted by Crippen LogP contribution is 2.31. The number of aromatic nitrogens is 2. The number of nitrogens with zero attached hydrogens (tertiary/aromatic N) is 1. The van der Waals surface area contributed by atoms with Crippen molar-refractivity contribution in [3.05, 3.63) is 18.2 Å². The molecule has 3 N–H and O–H groups in total. The quantitative estimate of drug-likeness (QED) is 0.733. The lowest BCUT2D eigenvalue weighted by Crippen LogP contribution is -2.37. The summed E-state index contributed by atoms with van der Waals surface area (Å²) >= 11 is 0. The first-order valence-electron chi connectivity index (χ1n) is 5.88. The van der Waals surface area contributed by atoms with Crippen LogP contribution >= 0.6 is 0 Å². The number of piperidine rings is 1. The Bertz CT molecular complexity index is 517. The van der Waals surface area contributed by atoms with Crippen LogP contribution in [0.4, 0.5) is 0 Å². The van der Waals surface area contributed by atoms with Crippen LogP contribution in [0, 0.1) is 0 Å². The summed E-state index contributed by atoms with van der Waals surface area (Å²) in [4.78, 5) is 0. The van der Waals surface area contributed by atoms with E-state index in [1.54, 1.807) is 12.1 Å². The van der Waals surface area contributed by atoms with Crippen molar-refractivity contribution in [2.24, 2.45) is 0 Å². The zero-order valence-corrected chi connectivity index (χ0v) is 9.44. The maximum Gasteiger partial charge on any atom is 0.244 e. The van der Waals surface area contributed by atoms with Crippen molar-refractivity contribution >= 4 is 10.9 Å². The molecule has 0 saturated carbocycles. The predicted octanol–water partition coefficient (Wildman–Crippen LogP) is 1.40. The van der Waals surface area contributed by atoms with Crippen molar-refractivity contribution in [2.45, 2.75) is 18.9 Å². The molecule has 0 radical (unpaired) electrons. The van der Waals surface area contributed by atoms with Crippen LogP contribution in [0.25, 0.3) is 10.9 Å². The molecule has 5 heteroatoms. The molecule has 1 atom stereocenters. The Morgan fingerprint density at radius 1 is 1.41 bits per heavy atom. The number of hydrogen-bond acceptors (Lipinski definition) is 4. The zero-order valence-electron chi connectivity index (χ0n) is 9.44. The number of benzene rings is 1. The van der Waals surface area contributed by atoms with Crippen molar-refractivity contribution in [3.63, 3.8) is 0 Å². The number of aromatic hydroxyl groups is 1. The maximum atomic E-state index is 9.81. The lowest BCUT2D eigenvalue weighted by molar-refractivity contribution is 0.162. The van der Waals surface area contributed by atoms with E-state index >= 15 is 0 Å². The standard InChI is InChI=1S/C12H15N3O2/c16-10-5-1-4-9-11(10)12(15-14-9)17-8-3-2-6-13-7-8/h1,4-5,8,13,16H,2-3,6-7H2,(H,14,15). The first-order valence-corrected chi connectivity index (χ1v) is 5.88. The molecule has 0 spiro atoms. The van der Waals surface area contributed by atoms with Crippen LogP contribution in [0.3, 0.4) is 0 Å². The molecule has 1 saturated heterocycles. The van der Waals surface area contributed by atoms with E-state index in [4.69, 9.17) is 4.74 Å². The number of phenolic OH excluding ortho intramolecular Hbond substituents is 1. The molecule has 0 amide bonds. The van der Waals surface area contributed by atoms with Crippen molar-refractivity contribution in [2.75, 3.05) is 13.1 Å². The normalized spacial score (nSPS) is 20.6. The second-order valence-electron chi connectivity index (χ2n) is 4.31. The number of aromatic amines is 1. The fourth-order valence-electron chi connectivity index (χ4n) is 2.19. The fraction of sp³-hybridized carbons (Fsp3) is 0.417. The Labute approximate surface area is 98.8 Å². The van der Waals surface area contributed by atoms with Gasteiger partial charge in [0.25, 0.3) is 0 Å². The van der Waals surface area contributed by atoms with Crippen LogP contribution in [0.1, 0.15) is 12.8 Å². The van der Waals surface area contributed by atoms with Gasteiger partial charge in [0.2, 0.25) is 5.88 Å². The average Bonchev–Trinajstić information content (AvgIpc) is 2.75. The summed E-state index contributed by atoms with van der Waals surface area (Å²) in [6.07, 6.45) is 2.27.